The molecule has 0 spiro atoms. The molecule has 2 N–H and O–H groups in total. The van der Waals surface area contributed by atoms with E-state index in [-0.39, 0.29) is 11.5 Å². The normalized spacial score (nSPS) is 14.0. The Balaban J connectivity index is 1.70. The van der Waals surface area contributed by atoms with Crippen molar-refractivity contribution in [2.75, 3.05) is 19.4 Å². The highest BCUT2D eigenvalue weighted by Gasteiger charge is 2.29. The van der Waals surface area contributed by atoms with E-state index >= 15 is 0 Å². The Labute approximate surface area is 204 Å². The first-order valence-corrected chi connectivity index (χ1v) is 11.3. The Morgan fingerprint density at radius 3 is 2.64 bits per heavy atom. The molecule has 1 aliphatic carbocycles. The molecule has 0 atom stereocenters. The van der Waals surface area contributed by atoms with Gasteiger partial charge in [-0.1, -0.05) is 6.07 Å². The average Bonchev–Trinajstić information content (AvgIpc) is 3.69. The molecule has 7 nitrogen and oxygen atoms in total. The van der Waals surface area contributed by atoms with Gasteiger partial charge in [0.25, 0.3) is 5.56 Å². The molecule has 3 aromatic heterocycles. The van der Waals surface area contributed by atoms with Crippen LogP contribution in [0.5, 0.6) is 5.88 Å². The first-order valence-electron chi connectivity index (χ1n) is 11.3. The SMILES string of the molecule is CN=Cc1cc(-c2cc3ccc(OCC(F)(F)F)nc3n(-c3ccc(C4CC4)nc3)c2=O)ccc1N. The van der Waals surface area contributed by atoms with Crippen molar-refractivity contribution < 1.29 is 17.9 Å². The summed E-state index contributed by atoms with van der Waals surface area (Å²) in [4.78, 5) is 26.6. The zero-order chi connectivity index (χ0) is 25.4. The van der Waals surface area contributed by atoms with Gasteiger partial charge in [0.1, 0.15) is 0 Å². The van der Waals surface area contributed by atoms with Crippen molar-refractivity contribution in [1.82, 2.24) is 14.5 Å². The van der Waals surface area contributed by atoms with Crippen molar-refractivity contribution in [2.24, 2.45) is 4.99 Å². The summed E-state index contributed by atoms with van der Waals surface area (Å²) in [6, 6.07) is 13.4. The summed E-state index contributed by atoms with van der Waals surface area (Å²) in [5.41, 5.74) is 9.32. The summed E-state index contributed by atoms with van der Waals surface area (Å²) in [5, 5.41) is 0.540. The third kappa shape index (κ3) is 4.79. The fourth-order valence-electron chi connectivity index (χ4n) is 3.99. The summed E-state index contributed by atoms with van der Waals surface area (Å²) in [7, 11) is 1.62. The fraction of sp³-hybridized carbons (Fsp3) is 0.231. The lowest BCUT2D eigenvalue weighted by molar-refractivity contribution is -0.154. The van der Waals surface area contributed by atoms with Crippen LogP contribution in [-0.4, -0.2) is 40.6 Å². The number of halogens is 3. The maximum Gasteiger partial charge on any atom is 0.422 e. The van der Waals surface area contributed by atoms with E-state index in [1.807, 2.05) is 6.07 Å². The van der Waals surface area contributed by atoms with Gasteiger partial charge < -0.3 is 10.5 Å². The maximum absolute atomic E-state index is 13.8. The molecule has 1 aromatic carbocycles. The summed E-state index contributed by atoms with van der Waals surface area (Å²) >= 11 is 0. The number of benzene rings is 1. The molecule has 0 amide bonds. The molecule has 184 valence electrons. The number of nitrogens with zero attached hydrogens (tertiary/aromatic N) is 4. The average molecular weight is 493 g/mol. The molecule has 10 heteroatoms. The number of hydrogen-bond acceptors (Lipinski definition) is 6. The highest BCUT2D eigenvalue weighted by Crippen LogP contribution is 2.39. The number of aliphatic imine (C=N–C) groups is 1. The number of anilines is 1. The van der Waals surface area contributed by atoms with Gasteiger partial charge >= 0.3 is 6.18 Å². The van der Waals surface area contributed by atoms with Crippen molar-refractivity contribution in [3.05, 3.63) is 76.3 Å². The van der Waals surface area contributed by atoms with E-state index in [0.29, 0.717) is 39.4 Å². The smallest absolute Gasteiger partial charge is 0.422 e. The Hall–Kier alpha value is -4.21. The van der Waals surface area contributed by atoms with Gasteiger partial charge in [0.15, 0.2) is 12.3 Å². The number of hydrogen-bond donors (Lipinski definition) is 1. The number of rotatable bonds is 6. The molecule has 1 fully saturated rings. The van der Waals surface area contributed by atoms with E-state index in [4.69, 9.17) is 10.5 Å². The van der Waals surface area contributed by atoms with Gasteiger partial charge in [-0.15, -0.1) is 0 Å². The van der Waals surface area contributed by atoms with Crippen LogP contribution in [0.25, 0.3) is 27.8 Å². The third-order valence-corrected chi connectivity index (χ3v) is 5.90. The van der Waals surface area contributed by atoms with Crippen LogP contribution in [0.15, 0.2) is 64.5 Å². The van der Waals surface area contributed by atoms with Gasteiger partial charge in [-0.2, -0.15) is 18.2 Å². The van der Waals surface area contributed by atoms with Gasteiger partial charge in [-0.25, -0.2) is 0 Å². The van der Waals surface area contributed by atoms with E-state index in [9.17, 15) is 18.0 Å². The van der Waals surface area contributed by atoms with Crippen LogP contribution in [0.4, 0.5) is 18.9 Å². The Bertz CT molecular complexity index is 1520. The van der Waals surface area contributed by atoms with Crippen LogP contribution >= 0.6 is 0 Å². The number of fused-ring (bicyclic) bond motifs is 1. The summed E-state index contributed by atoms with van der Waals surface area (Å²) in [6.45, 7) is -1.49. The molecular weight excluding hydrogens is 471 g/mol. The maximum atomic E-state index is 13.8. The number of alkyl halides is 3. The predicted molar refractivity (Wildman–Crippen MR) is 132 cm³/mol. The number of nitrogens with two attached hydrogens (primary N) is 1. The van der Waals surface area contributed by atoms with Gasteiger partial charge in [0, 0.05) is 53.1 Å². The van der Waals surface area contributed by atoms with Crippen molar-refractivity contribution in [2.45, 2.75) is 24.9 Å². The van der Waals surface area contributed by atoms with Crippen molar-refractivity contribution in [3.8, 4) is 22.7 Å². The first kappa shape index (κ1) is 23.5. The largest absolute Gasteiger partial charge is 0.468 e. The summed E-state index contributed by atoms with van der Waals surface area (Å²) in [6.07, 6.45) is 0.822. The Morgan fingerprint density at radius 2 is 1.97 bits per heavy atom. The second-order valence-corrected chi connectivity index (χ2v) is 8.61. The summed E-state index contributed by atoms with van der Waals surface area (Å²) < 4.78 is 44.3. The highest BCUT2D eigenvalue weighted by molar-refractivity contribution is 5.90. The molecule has 0 unspecified atom stereocenters. The van der Waals surface area contributed by atoms with Gasteiger partial charge in [0.05, 0.1) is 11.9 Å². The topological polar surface area (TPSA) is 95.4 Å². The zero-order valence-corrected chi connectivity index (χ0v) is 19.3. The number of pyridine rings is 3. The van der Waals surface area contributed by atoms with E-state index in [2.05, 4.69) is 15.0 Å². The highest BCUT2D eigenvalue weighted by atomic mass is 19.4. The van der Waals surface area contributed by atoms with Crippen molar-refractivity contribution in [1.29, 1.82) is 0 Å². The molecule has 0 saturated heterocycles. The second kappa shape index (κ2) is 9.10. The monoisotopic (exact) mass is 493 g/mol. The molecule has 1 saturated carbocycles. The standard InChI is InChI=1S/C26H22F3N5O2/c1-31-12-18-10-16(4-7-21(18)30)20-11-17-5-9-23(36-14-26(27,28)29)33-24(17)34(25(20)35)19-6-8-22(32-13-19)15-2-3-15/h4-13,15H,2-3,14,30H2,1H3. The molecule has 36 heavy (non-hydrogen) atoms. The predicted octanol–water partition coefficient (Wildman–Crippen LogP) is 4.90. The van der Waals surface area contributed by atoms with Crippen LogP contribution in [0.2, 0.25) is 0 Å². The molecule has 0 bridgehead atoms. The quantitative estimate of drug-likeness (QED) is 0.305. The Morgan fingerprint density at radius 1 is 1.17 bits per heavy atom. The number of nitrogen functional groups attached to an aromatic ring is 1. The van der Waals surface area contributed by atoms with E-state index in [1.165, 1.54) is 10.6 Å². The zero-order valence-electron chi connectivity index (χ0n) is 19.3. The molecule has 3 heterocycles. The van der Waals surface area contributed by atoms with Crippen molar-refractivity contribution >= 4 is 22.9 Å². The van der Waals surface area contributed by atoms with Crippen LogP contribution in [0, 0.1) is 0 Å². The van der Waals surface area contributed by atoms with Gasteiger partial charge in [-0.05, 0) is 54.8 Å². The molecule has 0 aliphatic heterocycles. The minimum absolute atomic E-state index is 0.162. The first-order chi connectivity index (χ1) is 17.2. The third-order valence-electron chi connectivity index (χ3n) is 5.90. The summed E-state index contributed by atoms with van der Waals surface area (Å²) in [5.74, 6) is 0.185. The van der Waals surface area contributed by atoms with Crippen LogP contribution in [-0.2, 0) is 0 Å². The molecular formula is C26H22F3N5O2. The van der Waals surface area contributed by atoms with E-state index < -0.39 is 18.3 Å². The molecule has 4 aromatic rings. The molecule has 0 radical (unpaired) electrons. The van der Waals surface area contributed by atoms with Crippen LogP contribution < -0.4 is 16.0 Å². The van der Waals surface area contributed by atoms with Crippen LogP contribution in [0.1, 0.15) is 30.0 Å². The van der Waals surface area contributed by atoms with Crippen molar-refractivity contribution in [3.63, 3.8) is 0 Å². The number of ether oxygens (including phenoxy) is 1. The Kier molecular flexibility index (Phi) is 5.95. The van der Waals surface area contributed by atoms with E-state index in [0.717, 1.165) is 18.5 Å². The van der Waals surface area contributed by atoms with E-state index in [1.54, 1.807) is 55.9 Å². The number of aromatic nitrogens is 3. The molecule has 5 rings (SSSR count). The minimum Gasteiger partial charge on any atom is -0.468 e. The van der Waals surface area contributed by atoms with Gasteiger partial charge in [0.2, 0.25) is 5.88 Å². The van der Waals surface area contributed by atoms with Crippen LogP contribution in [0.3, 0.4) is 0 Å². The van der Waals surface area contributed by atoms with Gasteiger partial charge in [-0.3, -0.25) is 19.3 Å². The molecule has 1 aliphatic rings. The lowest BCUT2D eigenvalue weighted by Crippen LogP contribution is -2.22. The second-order valence-electron chi connectivity index (χ2n) is 8.61. The minimum atomic E-state index is -4.52. The lowest BCUT2D eigenvalue weighted by atomic mass is 10.0. The lowest BCUT2D eigenvalue weighted by Gasteiger charge is -2.15. The fourth-order valence-corrected chi connectivity index (χ4v) is 3.99.